The van der Waals surface area contributed by atoms with Gasteiger partial charge in [0.25, 0.3) is 0 Å². The van der Waals surface area contributed by atoms with Crippen LogP contribution in [0.5, 0.6) is 5.75 Å². The van der Waals surface area contributed by atoms with E-state index in [9.17, 15) is 13.6 Å². The molecule has 6 heteroatoms. The molecule has 16 heavy (non-hydrogen) atoms. The summed E-state index contributed by atoms with van der Waals surface area (Å²) in [6.07, 6.45) is 0. The molecular formula is C10H9ClF2O3. The van der Waals surface area contributed by atoms with E-state index in [0.29, 0.717) is 0 Å². The number of carbonyl (C=O) groups excluding carboxylic acids is 1. The molecule has 0 radical (unpaired) electrons. The quantitative estimate of drug-likeness (QED) is 0.611. The van der Waals surface area contributed by atoms with E-state index in [1.54, 1.807) is 6.92 Å². The van der Waals surface area contributed by atoms with Gasteiger partial charge in [0, 0.05) is 0 Å². The molecule has 0 atom stereocenters. The Morgan fingerprint density at radius 2 is 2.06 bits per heavy atom. The maximum atomic E-state index is 13.3. The lowest BCUT2D eigenvalue weighted by Crippen LogP contribution is -2.09. The van der Waals surface area contributed by atoms with Crippen LogP contribution in [-0.4, -0.2) is 19.7 Å². The average molecular weight is 251 g/mol. The van der Waals surface area contributed by atoms with Crippen LogP contribution in [0.3, 0.4) is 0 Å². The third kappa shape index (κ3) is 2.24. The third-order valence-corrected chi connectivity index (χ3v) is 2.18. The van der Waals surface area contributed by atoms with Crippen LogP contribution >= 0.6 is 11.6 Å². The summed E-state index contributed by atoms with van der Waals surface area (Å²) in [5, 5.41) is -0.506. The normalized spacial score (nSPS) is 10.1. The fourth-order valence-electron chi connectivity index (χ4n) is 1.09. The Bertz CT molecular complexity index is 421. The van der Waals surface area contributed by atoms with Crippen molar-refractivity contribution in [2.24, 2.45) is 0 Å². The van der Waals surface area contributed by atoms with Crippen molar-refractivity contribution in [3.05, 3.63) is 28.3 Å². The molecule has 3 nitrogen and oxygen atoms in total. The molecule has 0 unspecified atom stereocenters. The van der Waals surface area contributed by atoms with Gasteiger partial charge in [-0.25, -0.2) is 13.6 Å². The van der Waals surface area contributed by atoms with Crippen LogP contribution in [0.25, 0.3) is 0 Å². The summed E-state index contributed by atoms with van der Waals surface area (Å²) in [6.45, 7) is 1.62. The second-order valence-electron chi connectivity index (χ2n) is 2.79. The molecule has 0 aromatic heterocycles. The maximum Gasteiger partial charge on any atom is 0.341 e. The smallest absolute Gasteiger partial charge is 0.341 e. The minimum atomic E-state index is -1.34. The highest BCUT2D eigenvalue weighted by atomic mass is 35.5. The van der Waals surface area contributed by atoms with Crippen molar-refractivity contribution in [2.75, 3.05) is 13.7 Å². The van der Waals surface area contributed by atoms with Crippen LogP contribution < -0.4 is 4.74 Å². The number of ether oxygens (including phenoxy) is 2. The highest BCUT2D eigenvalue weighted by Gasteiger charge is 2.22. The van der Waals surface area contributed by atoms with Crippen LogP contribution in [0.1, 0.15) is 17.3 Å². The first kappa shape index (κ1) is 12.7. The molecule has 0 saturated heterocycles. The minimum absolute atomic E-state index is 0.0604. The Balaban J connectivity index is 3.29. The van der Waals surface area contributed by atoms with Crippen molar-refractivity contribution in [3.63, 3.8) is 0 Å². The maximum absolute atomic E-state index is 13.3. The zero-order valence-electron chi connectivity index (χ0n) is 8.64. The minimum Gasteiger partial charge on any atom is -0.495 e. The van der Waals surface area contributed by atoms with Crippen LogP contribution in [0.15, 0.2) is 6.07 Å². The molecule has 1 aromatic carbocycles. The fourth-order valence-corrected chi connectivity index (χ4v) is 1.30. The Morgan fingerprint density at radius 3 is 2.56 bits per heavy atom. The van der Waals surface area contributed by atoms with E-state index >= 15 is 0 Å². The van der Waals surface area contributed by atoms with Crippen LogP contribution in [0, 0.1) is 11.6 Å². The summed E-state index contributed by atoms with van der Waals surface area (Å²) in [5.74, 6) is -3.76. The van der Waals surface area contributed by atoms with Gasteiger partial charge in [0.05, 0.1) is 13.7 Å². The van der Waals surface area contributed by atoms with E-state index < -0.39 is 28.2 Å². The molecule has 88 valence electrons. The molecule has 0 aliphatic carbocycles. The lowest BCUT2D eigenvalue weighted by atomic mass is 10.2. The lowest BCUT2D eigenvalue weighted by molar-refractivity contribution is 0.0519. The van der Waals surface area contributed by atoms with Gasteiger partial charge in [-0.05, 0) is 13.0 Å². The van der Waals surface area contributed by atoms with Gasteiger partial charge in [-0.2, -0.15) is 0 Å². The predicted molar refractivity (Wildman–Crippen MR) is 53.9 cm³/mol. The largest absolute Gasteiger partial charge is 0.495 e. The topological polar surface area (TPSA) is 35.5 Å². The molecule has 1 aromatic rings. The lowest BCUT2D eigenvalue weighted by Gasteiger charge is -2.08. The average Bonchev–Trinajstić information content (AvgIpc) is 2.27. The Hall–Kier alpha value is -1.36. The van der Waals surface area contributed by atoms with E-state index in [2.05, 4.69) is 4.74 Å². The number of hydrogen-bond acceptors (Lipinski definition) is 3. The summed E-state index contributed by atoms with van der Waals surface area (Å²) in [5.41, 5.74) is -0.541. The highest BCUT2D eigenvalue weighted by Crippen LogP contribution is 2.31. The molecule has 0 fully saturated rings. The molecule has 0 bridgehead atoms. The summed E-state index contributed by atoms with van der Waals surface area (Å²) < 4.78 is 35.8. The summed E-state index contributed by atoms with van der Waals surface area (Å²) in [4.78, 5) is 11.3. The zero-order chi connectivity index (χ0) is 12.3. The first-order valence-electron chi connectivity index (χ1n) is 4.41. The number of methoxy groups -OCH3 is 1. The van der Waals surface area contributed by atoms with Gasteiger partial charge >= 0.3 is 5.97 Å². The summed E-state index contributed by atoms with van der Waals surface area (Å²) >= 11 is 5.46. The monoisotopic (exact) mass is 250 g/mol. The van der Waals surface area contributed by atoms with Crippen LogP contribution in [-0.2, 0) is 4.74 Å². The predicted octanol–water partition coefficient (Wildman–Crippen LogP) is 2.80. The van der Waals surface area contributed by atoms with Crippen LogP contribution in [0.2, 0.25) is 5.02 Å². The van der Waals surface area contributed by atoms with Gasteiger partial charge in [0.1, 0.15) is 16.3 Å². The highest BCUT2D eigenvalue weighted by molar-refractivity contribution is 6.32. The molecule has 0 amide bonds. The van der Waals surface area contributed by atoms with Crippen molar-refractivity contribution in [1.29, 1.82) is 0 Å². The fraction of sp³-hybridized carbons (Fsp3) is 0.300. The SMILES string of the molecule is CCOC(=O)c1cc(OC)c(Cl)c(F)c1F. The number of hydrogen-bond donors (Lipinski definition) is 0. The standard InChI is InChI=1S/C10H9ClF2O3/c1-3-16-10(14)5-4-6(15-2)7(11)9(13)8(5)12/h4H,3H2,1-2H3. The second-order valence-corrected chi connectivity index (χ2v) is 3.17. The first-order chi connectivity index (χ1) is 7.52. The van der Waals surface area contributed by atoms with E-state index in [4.69, 9.17) is 16.3 Å². The van der Waals surface area contributed by atoms with Crippen molar-refractivity contribution in [3.8, 4) is 5.75 Å². The molecule has 0 spiro atoms. The first-order valence-corrected chi connectivity index (χ1v) is 4.79. The van der Waals surface area contributed by atoms with Gasteiger partial charge in [-0.3, -0.25) is 0 Å². The molecule has 1 rings (SSSR count). The van der Waals surface area contributed by atoms with Gasteiger partial charge in [-0.1, -0.05) is 11.6 Å². The van der Waals surface area contributed by atoms with Gasteiger partial charge in [0.15, 0.2) is 11.6 Å². The molecule has 0 aliphatic rings. The Morgan fingerprint density at radius 1 is 1.44 bits per heavy atom. The van der Waals surface area contributed by atoms with E-state index in [0.717, 1.165) is 6.07 Å². The summed E-state index contributed by atoms with van der Waals surface area (Å²) in [6, 6.07) is 0.999. The number of halogens is 3. The molecular weight excluding hydrogens is 242 g/mol. The van der Waals surface area contributed by atoms with Gasteiger partial charge in [0.2, 0.25) is 0 Å². The third-order valence-electron chi connectivity index (χ3n) is 1.83. The Kier molecular flexibility index (Phi) is 4.06. The molecule has 0 aliphatic heterocycles. The van der Waals surface area contributed by atoms with Gasteiger partial charge in [-0.15, -0.1) is 0 Å². The molecule has 0 heterocycles. The zero-order valence-corrected chi connectivity index (χ0v) is 9.40. The van der Waals surface area contributed by atoms with Gasteiger partial charge < -0.3 is 9.47 Å². The van der Waals surface area contributed by atoms with Crippen molar-refractivity contribution in [1.82, 2.24) is 0 Å². The summed E-state index contributed by atoms with van der Waals surface area (Å²) in [7, 11) is 1.23. The van der Waals surface area contributed by atoms with E-state index in [1.165, 1.54) is 7.11 Å². The number of benzene rings is 1. The van der Waals surface area contributed by atoms with Crippen molar-refractivity contribution in [2.45, 2.75) is 6.92 Å². The number of esters is 1. The molecule has 0 saturated carbocycles. The second kappa shape index (κ2) is 5.12. The van der Waals surface area contributed by atoms with Crippen molar-refractivity contribution < 1.29 is 23.0 Å². The van der Waals surface area contributed by atoms with E-state index in [1.807, 2.05) is 0 Å². The van der Waals surface area contributed by atoms with E-state index in [-0.39, 0.29) is 12.4 Å². The molecule has 0 N–H and O–H groups in total. The van der Waals surface area contributed by atoms with Crippen LogP contribution in [0.4, 0.5) is 8.78 Å². The number of carbonyl (C=O) groups is 1. The number of rotatable bonds is 3. The van der Waals surface area contributed by atoms with Crippen molar-refractivity contribution >= 4 is 17.6 Å². The Labute approximate surface area is 95.9 Å².